The Labute approximate surface area is 392 Å². The van der Waals surface area contributed by atoms with Gasteiger partial charge in [-0.2, -0.15) is 0 Å². The number of unbranched alkanes of at least 4 members (excludes halogenated alkanes) is 39. The van der Waals surface area contributed by atoms with Gasteiger partial charge in [-0.05, 0) is 57.8 Å². The second-order valence-corrected chi connectivity index (χ2v) is 19.3. The summed E-state index contributed by atoms with van der Waals surface area (Å²) in [5.41, 5.74) is 0. The van der Waals surface area contributed by atoms with Gasteiger partial charge in [0.2, 0.25) is 5.91 Å². The topological polar surface area (TPSA) is 95.9 Å². The fraction of sp³-hybridized carbons (Fsp3) is 0.895. The number of ether oxygens (including phenoxy) is 1. The van der Waals surface area contributed by atoms with Crippen LogP contribution in [0.5, 0.6) is 0 Å². The van der Waals surface area contributed by atoms with Gasteiger partial charge in [-0.15, -0.1) is 0 Å². The molecule has 0 heterocycles. The Morgan fingerprint density at radius 2 is 0.746 bits per heavy atom. The monoisotopic (exact) mass is 888 g/mol. The number of amides is 1. The van der Waals surface area contributed by atoms with Crippen LogP contribution in [0.1, 0.15) is 303 Å². The maximum Gasteiger partial charge on any atom is 0.305 e. The highest BCUT2D eigenvalue weighted by atomic mass is 16.5. The predicted octanol–water partition coefficient (Wildman–Crippen LogP) is 17.1. The summed E-state index contributed by atoms with van der Waals surface area (Å²) in [6, 6.07) is -0.633. The number of rotatable bonds is 52. The summed E-state index contributed by atoms with van der Waals surface area (Å²) in [6.07, 6.45) is 63.4. The number of carbonyl (C=O) groups excluding carboxylic acids is 2. The van der Waals surface area contributed by atoms with Crippen molar-refractivity contribution in [3.63, 3.8) is 0 Å². The molecule has 3 N–H and O–H groups in total. The van der Waals surface area contributed by atoms with Crippen LogP contribution in [0.3, 0.4) is 0 Å². The minimum absolute atomic E-state index is 0.00593. The van der Waals surface area contributed by atoms with Crippen LogP contribution in [-0.2, 0) is 14.3 Å². The van der Waals surface area contributed by atoms with Crippen molar-refractivity contribution < 1.29 is 24.5 Å². The van der Waals surface area contributed by atoms with Crippen molar-refractivity contribution >= 4 is 11.9 Å². The lowest BCUT2D eigenvalue weighted by molar-refractivity contribution is -0.143. The number of hydrogen-bond acceptors (Lipinski definition) is 5. The smallest absolute Gasteiger partial charge is 0.305 e. The summed E-state index contributed by atoms with van der Waals surface area (Å²) >= 11 is 0. The average Bonchev–Trinajstić information content (AvgIpc) is 3.28. The standard InChI is InChI=1S/C57H109NO5/c1-3-5-7-9-11-13-15-17-23-27-31-35-39-43-47-51-57(62)63-52-48-44-40-36-32-28-25-22-20-18-19-21-24-26-30-34-38-42-46-50-56(61)58-54(53-59)55(60)49-45-41-37-33-29-16-14-12-10-8-6-4-2/h18-19,45,49,54-55,59-60H,3-17,20-44,46-48,50-53H2,1-2H3,(H,58,61)/b19-18-,49-45+. The molecule has 2 unspecified atom stereocenters. The molecule has 0 aromatic heterocycles. The van der Waals surface area contributed by atoms with Crippen molar-refractivity contribution in [2.24, 2.45) is 0 Å². The van der Waals surface area contributed by atoms with E-state index in [0.717, 1.165) is 51.4 Å². The Balaban J connectivity index is 3.44. The highest BCUT2D eigenvalue weighted by Gasteiger charge is 2.18. The molecule has 1 amide bonds. The molecule has 372 valence electrons. The summed E-state index contributed by atoms with van der Waals surface area (Å²) in [4.78, 5) is 24.5. The first-order valence-electron chi connectivity index (χ1n) is 28.1. The van der Waals surface area contributed by atoms with Crippen LogP contribution < -0.4 is 5.32 Å². The van der Waals surface area contributed by atoms with E-state index >= 15 is 0 Å². The van der Waals surface area contributed by atoms with Gasteiger partial charge >= 0.3 is 5.97 Å². The zero-order valence-electron chi connectivity index (χ0n) is 42.3. The van der Waals surface area contributed by atoms with Gasteiger partial charge < -0.3 is 20.3 Å². The quantitative estimate of drug-likeness (QED) is 0.0321. The van der Waals surface area contributed by atoms with E-state index in [2.05, 4.69) is 31.3 Å². The number of hydrogen-bond donors (Lipinski definition) is 3. The van der Waals surface area contributed by atoms with Crippen molar-refractivity contribution in [2.75, 3.05) is 13.2 Å². The van der Waals surface area contributed by atoms with E-state index < -0.39 is 12.1 Å². The number of allylic oxidation sites excluding steroid dienone is 3. The summed E-state index contributed by atoms with van der Waals surface area (Å²) in [7, 11) is 0. The molecule has 6 heteroatoms. The second-order valence-electron chi connectivity index (χ2n) is 19.3. The van der Waals surface area contributed by atoms with Gasteiger partial charge in [-0.25, -0.2) is 0 Å². The minimum atomic E-state index is -0.849. The number of aliphatic hydroxyl groups excluding tert-OH is 2. The largest absolute Gasteiger partial charge is 0.466 e. The van der Waals surface area contributed by atoms with E-state index in [9.17, 15) is 19.8 Å². The van der Waals surface area contributed by atoms with Gasteiger partial charge in [0.05, 0.1) is 25.4 Å². The van der Waals surface area contributed by atoms with Gasteiger partial charge in [0.15, 0.2) is 0 Å². The lowest BCUT2D eigenvalue weighted by Gasteiger charge is -2.20. The summed E-state index contributed by atoms with van der Waals surface area (Å²) in [5.74, 6) is -0.0720. The van der Waals surface area contributed by atoms with Gasteiger partial charge in [-0.3, -0.25) is 9.59 Å². The Morgan fingerprint density at radius 3 is 1.13 bits per heavy atom. The van der Waals surface area contributed by atoms with E-state index in [1.54, 1.807) is 6.08 Å². The SMILES string of the molecule is CCCCCCCCCCCC/C=C/C(O)C(CO)NC(=O)CCCCCCCCC/C=C\CCCCCCCCCCOC(=O)CCCCCCCCCCCCCCCCC. The van der Waals surface area contributed by atoms with Crippen molar-refractivity contribution in [3.8, 4) is 0 Å². The molecule has 6 nitrogen and oxygen atoms in total. The number of esters is 1. The van der Waals surface area contributed by atoms with Crippen molar-refractivity contribution in [2.45, 2.75) is 315 Å². The fourth-order valence-corrected chi connectivity index (χ4v) is 8.63. The van der Waals surface area contributed by atoms with E-state index in [-0.39, 0.29) is 18.5 Å². The summed E-state index contributed by atoms with van der Waals surface area (Å²) < 4.78 is 5.48. The molecule has 0 rings (SSSR count). The van der Waals surface area contributed by atoms with Crippen molar-refractivity contribution in [1.29, 1.82) is 0 Å². The third kappa shape index (κ3) is 49.6. The molecule has 63 heavy (non-hydrogen) atoms. The van der Waals surface area contributed by atoms with E-state index in [0.29, 0.717) is 19.4 Å². The molecule has 0 radical (unpaired) electrons. The maximum absolute atomic E-state index is 12.4. The molecule has 0 bridgehead atoms. The van der Waals surface area contributed by atoms with Crippen LogP contribution in [-0.4, -0.2) is 47.4 Å². The Hall–Kier alpha value is -1.66. The van der Waals surface area contributed by atoms with Crippen LogP contribution in [0.25, 0.3) is 0 Å². The van der Waals surface area contributed by atoms with E-state index in [4.69, 9.17) is 4.74 Å². The molecule has 0 aliphatic carbocycles. The third-order valence-corrected chi connectivity index (χ3v) is 13.0. The molecular weight excluding hydrogens is 779 g/mol. The van der Waals surface area contributed by atoms with E-state index in [1.807, 2.05) is 6.08 Å². The normalized spacial score (nSPS) is 12.8. The summed E-state index contributed by atoms with van der Waals surface area (Å²) in [5, 5.41) is 23.0. The molecule has 0 aromatic carbocycles. The highest BCUT2D eigenvalue weighted by Crippen LogP contribution is 2.16. The predicted molar refractivity (Wildman–Crippen MR) is 273 cm³/mol. The van der Waals surface area contributed by atoms with Crippen LogP contribution in [0, 0.1) is 0 Å². The first-order valence-corrected chi connectivity index (χ1v) is 28.1. The molecule has 0 fully saturated rings. The molecule has 0 aromatic rings. The van der Waals surface area contributed by atoms with Gasteiger partial charge in [0.1, 0.15) is 0 Å². The molecule has 0 saturated heterocycles. The first kappa shape index (κ1) is 61.3. The Bertz CT molecular complexity index is 982. The molecule has 0 aliphatic heterocycles. The maximum atomic E-state index is 12.4. The van der Waals surface area contributed by atoms with Gasteiger partial charge in [-0.1, -0.05) is 256 Å². The molecular formula is C57H109NO5. The van der Waals surface area contributed by atoms with E-state index in [1.165, 1.54) is 225 Å². The van der Waals surface area contributed by atoms with Crippen LogP contribution in [0.2, 0.25) is 0 Å². The number of aliphatic hydroxyl groups is 2. The van der Waals surface area contributed by atoms with Gasteiger partial charge in [0.25, 0.3) is 0 Å². The highest BCUT2D eigenvalue weighted by molar-refractivity contribution is 5.76. The number of nitrogens with one attached hydrogen (secondary N) is 1. The molecule has 2 atom stereocenters. The van der Waals surface area contributed by atoms with Crippen LogP contribution in [0.4, 0.5) is 0 Å². The molecule has 0 saturated carbocycles. The van der Waals surface area contributed by atoms with Crippen LogP contribution >= 0.6 is 0 Å². The zero-order valence-corrected chi connectivity index (χ0v) is 42.3. The lowest BCUT2D eigenvalue weighted by atomic mass is 10.0. The van der Waals surface area contributed by atoms with Crippen molar-refractivity contribution in [1.82, 2.24) is 5.32 Å². The first-order chi connectivity index (χ1) is 31.0. The van der Waals surface area contributed by atoms with Gasteiger partial charge in [0, 0.05) is 12.8 Å². The zero-order chi connectivity index (χ0) is 45.8. The van der Waals surface area contributed by atoms with Crippen molar-refractivity contribution in [3.05, 3.63) is 24.3 Å². The minimum Gasteiger partial charge on any atom is -0.466 e. The average molecular weight is 889 g/mol. The fourth-order valence-electron chi connectivity index (χ4n) is 8.63. The van der Waals surface area contributed by atoms with Crippen LogP contribution in [0.15, 0.2) is 24.3 Å². The molecule has 0 spiro atoms. The third-order valence-electron chi connectivity index (χ3n) is 13.0. The Morgan fingerprint density at radius 1 is 0.429 bits per heavy atom. The Kier molecular flexibility index (Phi) is 51.6. The molecule has 0 aliphatic rings. The summed E-state index contributed by atoms with van der Waals surface area (Å²) in [6.45, 7) is 4.89. The number of carbonyl (C=O) groups is 2. The lowest BCUT2D eigenvalue weighted by Crippen LogP contribution is -2.45. The second kappa shape index (κ2) is 53.0.